The number of benzene rings is 2. The van der Waals surface area contributed by atoms with Crippen molar-refractivity contribution < 1.29 is 4.79 Å². The highest BCUT2D eigenvalue weighted by Gasteiger charge is 2.28. The van der Waals surface area contributed by atoms with Crippen LogP contribution >= 0.6 is 0 Å². The van der Waals surface area contributed by atoms with Crippen molar-refractivity contribution in [2.24, 2.45) is 0 Å². The van der Waals surface area contributed by atoms with Gasteiger partial charge in [-0.15, -0.1) is 0 Å². The Hall–Kier alpha value is -2.82. The van der Waals surface area contributed by atoms with Crippen LogP contribution in [0.25, 0.3) is 0 Å². The van der Waals surface area contributed by atoms with Gasteiger partial charge in [0.05, 0.1) is 11.3 Å². The zero-order valence-corrected chi connectivity index (χ0v) is 13.3. The second-order valence-corrected chi connectivity index (χ2v) is 5.48. The van der Waals surface area contributed by atoms with Crippen LogP contribution < -0.4 is 10.6 Å². The van der Waals surface area contributed by atoms with E-state index in [-0.39, 0.29) is 5.91 Å². The van der Waals surface area contributed by atoms with Crippen LogP contribution in [0.2, 0.25) is 0 Å². The Morgan fingerprint density at radius 2 is 2.09 bits per heavy atom. The summed E-state index contributed by atoms with van der Waals surface area (Å²) in [5.41, 5.74) is 5.18. The van der Waals surface area contributed by atoms with Crippen molar-refractivity contribution >= 4 is 29.2 Å². The second kappa shape index (κ2) is 6.12. The smallest absolute Gasteiger partial charge is 0.256 e. The van der Waals surface area contributed by atoms with Crippen molar-refractivity contribution in [3.63, 3.8) is 0 Å². The molecule has 2 aromatic rings. The standard InChI is InChI=1S/C18H20N4O/c1-3-22-11-12-5-4-6-16(17(12)18(22)23)21-14-7-8-15(20-2)13(9-14)10-19/h4-10,19-21H,3,11H2,1-2H3. The van der Waals surface area contributed by atoms with Crippen LogP contribution in [0.4, 0.5) is 17.1 Å². The molecule has 3 rings (SSSR count). The Bertz CT molecular complexity index is 770. The maximum absolute atomic E-state index is 12.5. The highest BCUT2D eigenvalue weighted by Crippen LogP contribution is 2.31. The molecule has 1 aliphatic rings. The van der Waals surface area contributed by atoms with Crippen LogP contribution in [-0.2, 0) is 6.54 Å². The fourth-order valence-electron chi connectivity index (χ4n) is 2.92. The third-order valence-electron chi connectivity index (χ3n) is 4.15. The van der Waals surface area contributed by atoms with Gasteiger partial charge in [-0.05, 0) is 36.8 Å². The van der Waals surface area contributed by atoms with Crippen LogP contribution in [0.1, 0.15) is 28.4 Å². The number of carbonyl (C=O) groups excluding carboxylic acids is 1. The quantitative estimate of drug-likeness (QED) is 0.741. The number of hydrogen-bond donors (Lipinski definition) is 3. The molecule has 0 unspecified atom stereocenters. The van der Waals surface area contributed by atoms with E-state index in [0.717, 1.165) is 33.8 Å². The normalized spacial score (nSPS) is 13.0. The summed E-state index contributed by atoms with van der Waals surface area (Å²) in [7, 11) is 1.83. The van der Waals surface area contributed by atoms with Crippen molar-refractivity contribution in [1.82, 2.24) is 4.90 Å². The van der Waals surface area contributed by atoms with Gasteiger partial charge in [0.15, 0.2) is 0 Å². The molecule has 5 nitrogen and oxygen atoms in total. The minimum Gasteiger partial charge on any atom is -0.388 e. The number of rotatable bonds is 5. The largest absolute Gasteiger partial charge is 0.388 e. The molecule has 1 heterocycles. The predicted octanol–water partition coefficient (Wildman–Crippen LogP) is 3.45. The number of nitrogens with zero attached hydrogens (tertiary/aromatic N) is 1. The molecular formula is C18H20N4O. The lowest BCUT2D eigenvalue weighted by Crippen LogP contribution is -2.23. The molecule has 2 aromatic carbocycles. The summed E-state index contributed by atoms with van der Waals surface area (Å²) < 4.78 is 0. The van der Waals surface area contributed by atoms with Crippen molar-refractivity contribution in [2.75, 3.05) is 24.2 Å². The predicted molar refractivity (Wildman–Crippen MR) is 94.0 cm³/mol. The summed E-state index contributed by atoms with van der Waals surface area (Å²) in [4.78, 5) is 14.3. The summed E-state index contributed by atoms with van der Waals surface area (Å²) in [6.45, 7) is 3.37. The zero-order chi connectivity index (χ0) is 16.4. The van der Waals surface area contributed by atoms with E-state index in [1.165, 1.54) is 6.21 Å². The van der Waals surface area contributed by atoms with E-state index < -0.39 is 0 Å². The Kier molecular flexibility index (Phi) is 4.02. The Morgan fingerprint density at radius 3 is 2.78 bits per heavy atom. The Morgan fingerprint density at radius 1 is 1.26 bits per heavy atom. The molecule has 23 heavy (non-hydrogen) atoms. The molecular weight excluding hydrogens is 288 g/mol. The monoisotopic (exact) mass is 308 g/mol. The van der Waals surface area contributed by atoms with Gasteiger partial charge in [0.2, 0.25) is 0 Å². The van der Waals surface area contributed by atoms with E-state index in [0.29, 0.717) is 13.1 Å². The van der Waals surface area contributed by atoms with Gasteiger partial charge >= 0.3 is 0 Å². The van der Waals surface area contributed by atoms with Crippen molar-refractivity contribution in [3.05, 3.63) is 53.1 Å². The Balaban J connectivity index is 1.95. The topological polar surface area (TPSA) is 68.2 Å². The molecule has 0 aliphatic carbocycles. The lowest BCUT2D eigenvalue weighted by atomic mass is 10.1. The maximum atomic E-state index is 12.5. The van der Waals surface area contributed by atoms with E-state index in [2.05, 4.69) is 10.6 Å². The molecule has 5 heteroatoms. The highest BCUT2D eigenvalue weighted by molar-refractivity contribution is 6.04. The number of fused-ring (bicyclic) bond motifs is 1. The number of anilines is 3. The lowest BCUT2D eigenvalue weighted by Gasteiger charge is -2.14. The maximum Gasteiger partial charge on any atom is 0.256 e. The van der Waals surface area contributed by atoms with Gasteiger partial charge < -0.3 is 20.9 Å². The molecule has 0 fully saturated rings. The molecule has 3 N–H and O–H groups in total. The fraction of sp³-hybridized carbons (Fsp3) is 0.222. The zero-order valence-electron chi connectivity index (χ0n) is 13.3. The first-order chi connectivity index (χ1) is 11.2. The first-order valence-corrected chi connectivity index (χ1v) is 7.68. The number of nitrogens with one attached hydrogen (secondary N) is 3. The van der Waals surface area contributed by atoms with Gasteiger partial charge in [-0.1, -0.05) is 12.1 Å². The molecule has 0 bridgehead atoms. The average Bonchev–Trinajstić information content (AvgIpc) is 2.92. The van der Waals surface area contributed by atoms with Gasteiger partial charge in [0.25, 0.3) is 5.91 Å². The third-order valence-corrected chi connectivity index (χ3v) is 4.15. The van der Waals surface area contributed by atoms with Crippen LogP contribution in [0.15, 0.2) is 36.4 Å². The molecule has 0 aromatic heterocycles. The second-order valence-electron chi connectivity index (χ2n) is 5.48. The summed E-state index contributed by atoms with van der Waals surface area (Å²) in [6.07, 6.45) is 1.32. The van der Waals surface area contributed by atoms with E-state index in [1.54, 1.807) is 0 Å². The van der Waals surface area contributed by atoms with Crippen LogP contribution in [0.5, 0.6) is 0 Å². The van der Waals surface area contributed by atoms with E-state index in [4.69, 9.17) is 5.41 Å². The fourth-order valence-corrected chi connectivity index (χ4v) is 2.92. The van der Waals surface area contributed by atoms with Crippen LogP contribution in [-0.4, -0.2) is 30.6 Å². The first-order valence-electron chi connectivity index (χ1n) is 7.68. The van der Waals surface area contributed by atoms with Gasteiger partial charge in [0.1, 0.15) is 0 Å². The molecule has 0 atom stereocenters. The van der Waals surface area contributed by atoms with Crippen molar-refractivity contribution in [2.45, 2.75) is 13.5 Å². The molecule has 0 saturated heterocycles. The van der Waals surface area contributed by atoms with Gasteiger partial charge in [-0.2, -0.15) is 0 Å². The number of carbonyl (C=O) groups is 1. The molecule has 0 radical (unpaired) electrons. The molecule has 0 spiro atoms. The van der Waals surface area contributed by atoms with Gasteiger partial charge in [-0.25, -0.2) is 0 Å². The van der Waals surface area contributed by atoms with E-state index in [9.17, 15) is 4.79 Å². The lowest BCUT2D eigenvalue weighted by molar-refractivity contribution is 0.0788. The minimum atomic E-state index is 0.0738. The number of amides is 1. The number of hydrogen-bond acceptors (Lipinski definition) is 4. The molecule has 0 saturated carbocycles. The Labute approximate surface area is 135 Å². The van der Waals surface area contributed by atoms with Crippen molar-refractivity contribution in [3.8, 4) is 0 Å². The third kappa shape index (κ3) is 2.65. The summed E-state index contributed by atoms with van der Waals surface area (Å²) >= 11 is 0. The van der Waals surface area contributed by atoms with Gasteiger partial charge in [0, 0.05) is 43.3 Å². The highest BCUT2D eigenvalue weighted by atomic mass is 16.2. The SMILES string of the molecule is CCN1Cc2cccc(Nc3ccc(NC)c(C=N)c3)c2C1=O. The summed E-state index contributed by atoms with van der Waals surface area (Å²) in [5.74, 6) is 0.0738. The molecule has 1 aliphatic heterocycles. The van der Waals surface area contributed by atoms with Gasteiger partial charge in [-0.3, -0.25) is 4.79 Å². The molecule has 118 valence electrons. The average molecular weight is 308 g/mol. The van der Waals surface area contributed by atoms with Crippen LogP contribution in [0, 0.1) is 5.41 Å². The summed E-state index contributed by atoms with van der Waals surface area (Å²) in [6, 6.07) is 11.6. The summed E-state index contributed by atoms with van der Waals surface area (Å²) in [5, 5.41) is 13.9. The first kappa shape index (κ1) is 15.1. The van der Waals surface area contributed by atoms with Crippen LogP contribution in [0.3, 0.4) is 0 Å². The minimum absolute atomic E-state index is 0.0738. The molecule has 1 amide bonds. The van der Waals surface area contributed by atoms with Crippen molar-refractivity contribution in [1.29, 1.82) is 5.41 Å². The van der Waals surface area contributed by atoms with E-state index in [1.807, 2.05) is 55.3 Å². The van der Waals surface area contributed by atoms with E-state index >= 15 is 0 Å².